The molecule has 0 heterocycles. The van der Waals surface area contributed by atoms with Crippen LogP contribution in [0.25, 0.3) is 0 Å². The zero-order valence-corrected chi connectivity index (χ0v) is 10.6. The van der Waals surface area contributed by atoms with Gasteiger partial charge in [-0.05, 0) is 38.1 Å². The highest BCUT2D eigenvalue weighted by Crippen LogP contribution is 2.22. The third-order valence-corrected chi connectivity index (χ3v) is 2.10. The number of benzene rings is 1. The van der Waals surface area contributed by atoms with Crippen molar-refractivity contribution in [3.8, 4) is 11.5 Å². The number of ether oxygens (including phenoxy) is 1. The van der Waals surface area contributed by atoms with Gasteiger partial charge in [-0.1, -0.05) is 6.92 Å². The first-order chi connectivity index (χ1) is 7.27. The highest BCUT2D eigenvalue weighted by Gasteiger charge is 2.02. The van der Waals surface area contributed by atoms with Crippen molar-refractivity contribution in [2.75, 3.05) is 13.2 Å². The molecule has 1 aromatic rings. The third kappa shape index (κ3) is 4.73. The zero-order valence-electron chi connectivity index (χ0n) is 9.82. The number of hydrogen-bond donors (Lipinski definition) is 2. The Morgan fingerprint density at radius 1 is 1.31 bits per heavy atom. The van der Waals surface area contributed by atoms with Gasteiger partial charge in [-0.25, -0.2) is 0 Å². The van der Waals surface area contributed by atoms with Crippen LogP contribution in [0.5, 0.6) is 11.5 Å². The summed E-state index contributed by atoms with van der Waals surface area (Å²) in [5.41, 5.74) is 0.884. The first-order valence-electron chi connectivity index (χ1n) is 5.43. The predicted octanol–water partition coefficient (Wildman–Crippen LogP) is 2.71. The van der Waals surface area contributed by atoms with Gasteiger partial charge in [0.1, 0.15) is 11.5 Å². The standard InChI is InChI=1S/C12H19NO2.ClH/c1-3-7-13-9-10-8-11(15-4-2)5-6-12(10)14;/h5-6,8,13-14H,3-4,7,9H2,1-2H3;1H. The van der Waals surface area contributed by atoms with Gasteiger partial charge in [0.2, 0.25) is 0 Å². The van der Waals surface area contributed by atoms with Crippen LogP contribution in [-0.2, 0) is 6.54 Å². The molecule has 0 saturated carbocycles. The van der Waals surface area contributed by atoms with Crippen LogP contribution in [0.3, 0.4) is 0 Å². The molecule has 0 fully saturated rings. The lowest BCUT2D eigenvalue weighted by atomic mass is 10.2. The van der Waals surface area contributed by atoms with Crippen LogP contribution in [0.2, 0.25) is 0 Å². The van der Waals surface area contributed by atoms with E-state index >= 15 is 0 Å². The van der Waals surface area contributed by atoms with E-state index < -0.39 is 0 Å². The summed E-state index contributed by atoms with van der Waals surface area (Å²) < 4.78 is 5.37. The van der Waals surface area contributed by atoms with E-state index in [-0.39, 0.29) is 12.4 Å². The Hall–Kier alpha value is -0.930. The lowest BCUT2D eigenvalue weighted by molar-refractivity contribution is 0.338. The number of phenols is 1. The summed E-state index contributed by atoms with van der Waals surface area (Å²) in [4.78, 5) is 0. The minimum atomic E-state index is 0. The maximum Gasteiger partial charge on any atom is 0.120 e. The number of hydrogen-bond acceptors (Lipinski definition) is 3. The molecule has 0 aliphatic rings. The van der Waals surface area contributed by atoms with Gasteiger partial charge in [0.05, 0.1) is 6.61 Å². The molecule has 16 heavy (non-hydrogen) atoms. The first-order valence-corrected chi connectivity index (χ1v) is 5.43. The number of phenolic OH excluding ortho intramolecular Hbond substituents is 1. The molecule has 3 nitrogen and oxygen atoms in total. The highest BCUT2D eigenvalue weighted by atomic mass is 35.5. The summed E-state index contributed by atoms with van der Waals surface area (Å²) in [6.45, 7) is 6.34. The van der Waals surface area contributed by atoms with Crippen LogP contribution in [0.4, 0.5) is 0 Å². The minimum Gasteiger partial charge on any atom is -0.508 e. The van der Waals surface area contributed by atoms with Crippen molar-refractivity contribution in [1.82, 2.24) is 5.32 Å². The molecule has 0 atom stereocenters. The molecular weight excluding hydrogens is 226 g/mol. The molecule has 0 saturated heterocycles. The Bertz CT molecular complexity index is 305. The Kier molecular flexibility index (Phi) is 7.77. The zero-order chi connectivity index (χ0) is 11.1. The number of halogens is 1. The van der Waals surface area contributed by atoms with Crippen molar-refractivity contribution in [3.63, 3.8) is 0 Å². The molecule has 0 amide bonds. The SMILES string of the molecule is CCCNCc1cc(OCC)ccc1O.Cl. The van der Waals surface area contributed by atoms with Gasteiger partial charge in [0.15, 0.2) is 0 Å². The van der Waals surface area contributed by atoms with Crippen LogP contribution in [-0.4, -0.2) is 18.3 Å². The Labute approximate surface area is 103 Å². The molecule has 0 bridgehead atoms. The van der Waals surface area contributed by atoms with Gasteiger partial charge in [-0.3, -0.25) is 0 Å². The molecule has 0 aliphatic heterocycles. The molecule has 0 unspecified atom stereocenters. The molecule has 0 radical (unpaired) electrons. The van der Waals surface area contributed by atoms with Crippen LogP contribution < -0.4 is 10.1 Å². The fourth-order valence-corrected chi connectivity index (χ4v) is 1.36. The Balaban J connectivity index is 0.00000225. The van der Waals surface area contributed by atoms with E-state index in [2.05, 4.69) is 12.2 Å². The van der Waals surface area contributed by atoms with Crippen LogP contribution in [0.15, 0.2) is 18.2 Å². The summed E-state index contributed by atoms with van der Waals surface area (Å²) in [5, 5.41) is 12.9. The topological polar surface area (TPSA) is 41.5 Å². The number of nitrogens with one attached hydrogen (secondary N) is 1. The van der Waals surface area contributed by atoms with Gasteiger partial charge in [-0.2, -0.15) is 0 Å². The maximum atomic E-state index is 9.61. The molecule has 0 spiro atoms. The lowest BCUT2D eigenvalue weighted by Gasteiger charge is -2.09. The molecule has 92 valence electrons. The fourth-order valence-electron chi connectivity index (χ4n) is 1.36. The summed E-state index contributed by atoms with van der Waals surface area (Å²) in [7, 11) is 0. The predicted molar refractivity (Wildman–Crippen MR) is 68.5 cm³/mol. The molecule has 0 aromatic heterocycles. The van der Waals surface area contributed by atoms with Crippen molar-refractivity contribution in [2.45, 2.75) is 26.8 Å². The second kappa shape index (κ2) is 8.25. The van der Waals surface area contributed by atoms with E-state index in [9.17, 15) is 5.11 Å². The highest BCUT2D eigenvalue weighted by molar-refractivity contribution is 5.85. The first kappa shape index (κ1) is 15.1. The van der Waals surface area contributed by atoms with Crippen LogP contribution in [0, 0.1) is 0 Å². The summed E-state index contributed by atoms with van der Waals surface area (Å²) in [6, 6.07) is 5.33. The molecule has 0 aliphatic carbocycles. The second-order valence-corrected chi connectivity index (χ2v) is 3.40. The van der Waals surface area contributed by atoms with Crippen molar-refractivity contribution in [1.29, 1.82) is 0 Å². The van der Waals surface area contributed by atoms with Gasteiger partial charge in [0.25, 0.3) is 0 Å². The molecule has 2 N–H and O–H groups in total. The summed E-state index contributed by atoms with van der Waals surface area (Å²) >= 11 is 0. The largest absolute Gasteiger partial charge is 0.508 e. The maximum absolute atomic E-state index is 9.61. The van der Waals surface area contributed by atoms with Gasteiger partial charge in [0, 0.05) is 12.1 Å². The molecular formula is C12H20ClNO2. The van der Waals surface area contributed by atoms with E-state index in [1.54, 1.807) is 12.1 Å². The molecule has 1 aromatic carbocycles. The lowest BCUT2D eigenvalue weighted by Crippen LogP contribution is -2.13. The van der Waals surface area contributed by atoms with Crippen molar-refractivity contribution >= 4 is 12.4 Å². The van der Waals surface area contributed by atoms with Crippen molar-refractivity contribution in [2.24, 2.45) is 0 Å². The van der Waals surface area contributed by atoms with E-state index in [0.29, 0.717) is 18.9 Å². The normalized spacial score (nSPS) is 9.62. The monoisotopic (exact) mass is 245 g/mol. The van der Waals surface area contributed by atoms with Crippen LogP contribution >= 0.6 is 12.4 Å². The van der Waals surface area contributed by atoms with E-state index in [1.165, 1.54) is 0 Å². The van der Waals surface area contributed by atoms with E-state index in [0.717, 1.165) is 24.3 Å². The van der Waals surface area contributed by atoms with Crippen molar-refractivity contribution < 1.29 is 9.84 Å². The quantitative estimate of drug-likeness (QED) is 0.758. The average Bonchev–Trinajstić information content (AvgIpc) is 2.23. The third-order valence-electron chi connectivity index (χ3n) is 2.10. The summed E-state index contributed by atoms with van der Waals surface area (Å²) in [5.74, 6) is 1.13. The number of aromatic hydroxyl groups is 1. The Morgan fingerprint density at radius 2 is 2.06 bits per heavy atom. The van der Waals surface area contributed by atoms with Crippen LogP contribution in [0.1, 0.15) is 25.8 Å². The minimum absolute atomic E-state index is 0. The number of rotatable bonds is 6. The average molecular weight is 246 g/mol. The fraction of sp³-hybridized carbons (Fsp3) is 0.500. The smallest absolute Gasteiger partial charge is 0.120 e. The van der Waals surface area contributed by atoms with Gasteiger partial charge >= 0.3 is 0 Å². The molecule has 4 heteroatoms. The second-order valence-electron chi connectivity index (χ2n) is 3.40. The van der Waals surface area contributed by atoms with Crippen molar-refractivity contribution in [3.05, 3.63) is 23.8 Å². The Morgan fingerprint density at radius 3 is 2.69 bits per heavy atom. The van der Waals surface area contributed by atoms with E-state index in [1.807, 2.05) is 13.0 Å². The van der Waals surface area contributed by atoms with Gasteiger partial charge < -0.3 is 15.2 Å². The molecule has 1 rings (SSSR count). The van der Waals surface area contributed by atoms with Gasteiger partial charge in [-0.15, -0.1) is 12.4 Å². The van der Waals surface area contributed by atoms with E-state index in [4.69, 9.17) is 4.74 Å². The summed E-state index contributed by atoms with van der Waals surface area (Å²) in [6.07, 6.45) is 1.09.